The molecule has 2 fully saturated rings. The van der Waals surface area contributed by atoms with Crippen molar-refractivity contribution < 1.29 is 9.59 Å². The summed E-state index contributed by atoms with van der Waals surface area (Å²) in [6, 6.07) is 11.0. The summed E-state index contributed by atoms with van der Waals surface area (Å²) in [6.45, 7) is 1.05. The number of para-hydroxylation sites is 1. The highest BCUT2D eigenvalue weighted by Crippen LogP contribution is 2.31. The number of hydrogen-bond acceptors (Lipinski definition) is 4. The Hall–Kier alpha value is -2.55. The van der Waals surface area contributed by atoms with Gasteiger partial charge in [0, 0.05) is 18.8 Å². The first-order chi connectivity index (χ1) is 11.1. The highest BCUT2D eigenvalue weighted by Gasteiger charge is 2.43. The summed E-state index contributed by atoms with van der Waals surface area (Å²) in [5.74, 6) is -0.784. The monoisotopic (exact) mass is 312 g/mol. The van der Waals surface area contributed by atoms with Crippen LogP contribution in [0.1, 0.15) is 19.3 Å². The van der Waals surface area contributed by atoms with E-state index >= 15 is 0 Å². The molecule has 1 aromatic carbocycles. The van der Waals surface area contributed by atoms with Crippen LogP contribution in [-0.2, 0) is 9.59 Å². The molecule has 2 aliphatic rings. The number of amides is 2. The van der Waals surface area contributed by atoms with Gasteiger partial charge in [0.1, 0.15) is 12.1 Å². The van der Waals surface area contributed by atoms with Gasteiger partial charge in [-0.3, -0.25) is 9.59 Å². The van der Waals surface area contributed by atoms with Crippen LogP contribution >= 0.6 is 0 Å². The lowest BCUT2D eigenvalue weighted by molar-refractivity contribution is -0.132. The van der Waals surface area contributed by atoms with Gasteiger partial charge in [0.2, 0.25) is 11.8 Å². The van der Waals surface area contributed by atoms with Gasteiger partial charge < -0.3 is 15.5 Å². The Labute approximate surface area is 135 Å². The second-order valence-corrected chi connectivity index (χ2v) is 6.16. The lowest BCUT2D eigenvalue weighted by Crippen LogP contribution is -2.47. The summed E-state index contributed by atoms with van der Waals surface area (Å²) >= 11 is 0. The third-order valence-electron chi connectivity index (χ3n) is 4.76. The normalized spacial score (nSPS) is 27.0. The van der Waals surface area contributed by atoms with Gasteiger partial charge in [0.15, 0.2) is 0 Å². The zero-order valence-corrected chi connectivity index (χ0v) is 12.9. The lowest BCUT2D eigenvalue weighted by Gasteiger charge is -2.30. The molecule has 2 amide bonds. The second kappa shape index (κ2) is 6.29. The summed E-state index contributed by atoms with van der Waals surface area (Å²) in [5.41, 5.74) is 6.37. The summed E-state index contributed by atoms with van der Waals surface area (Å²) in [5, 5.41) is 9.22. The third kappa shape index (κ3) is 2.87. The Morgan fingerprint density at radius 2 is 2.00 bits per heavy atom. The average Bonchev–Trinajstić information content (AvgIpc) is 3.22. The quantitative estimate of drug-likeness (QED) is 0.897. The van der Waals surface area contributed by atoms with Gasteiger partial charge in [0.05, 0.1) is 12.0 Å². The van der Waals surface area contributed by atoms with Crippen LogP contribution in [-0.4, -0.2) is 41.9 Å². The summed E-state index contributed by atoms with van der Waals surface area (Å²) in [4.78, 5) is 28.2. The minimum atomic E-state index is -0.427. The van der Waals surface area contributed by atoms with Crippen molar-refractivity contribution in [2.75, 3.05) is 18.0 Å². The van der Waals surface area contributed by atoms with Crippen LogP contribution in [0.2, 0.25) is 0 Å². The number of hydrogen-bond donors (Lipinski definition) is 1. The molecule has 2 N–H and O–H groups in total. The van der Waals surface area contributed by atoms with Crippen LogP contribution in [0.3, 0.4) is 0 Å². The average molecular weight is 312 g/mol. The molecule has 6 nitrogen and oxygen atoms in total. The van der Waals surface area contributed by atoms with Crippen LogP contribution in [0.15, 0.2) is 30.3 Å². The zero-order chi connectivity index (χ0) is 16.4. The molecule has 2 aliphatic heterocycles. The summed E-state index contributed by atoms with van der Waals surface area (Å²) < 4.78 is 0. The molecule has 0 aliphatic carbocycles. The van der Waals surface area contributed by atoms with Crippen molar-refractivity contribution in [3.63, 3.8) is 0 Å². The number of benzene rings is 1. The number of anilines is 1. The number of likely N-dealkylation sites (tertiary alicyclic amines) is 1. The SMILES string of the molecule is N#C[C@@H]1CCCN1C(=O)C1CC(C(N)=O)CN1c1ccccc1. The summed E-state index contributed by atoms with van der Waals surface area (Å²) in [6.07, 6.45) is 1.98. The van der Waals surface area contributed by atoms with E-state index in [9.17, 15) is 14.9 Å². The minimum Gasteiger partial charge on any atom is -0.369 e. The van der Waals surface area contributed by atoms with Gasteiger partial charge in [-0.05, 0) is 31.4 Å². The van der Waals surface area contributed by atoms with Crippen molar-refractivity contribution in [3.05, 3.63) is 30.3 Å². The van der Waals surface area contributed by atoms with E-state index in [0.717, 1.165) is 18.5 Å². The minimum absolute atomic E-state index is 0.0679. The first-order valence-corrected chi connectivity index (χ1v) is 7.93. The van der Waals surface area contributed by atoms with E-state index in [2.05, 4.69) is 6.07 Å². The maximum absolute atomic E-state index is 12.9. The van der Waals surface area contributed by atoms with Gasteiger partial charge in [-0.25, -0.2) is 0 Å². The second-order valence-electron chi connectivity index (χ2n) is 6.16. The van der Waals surface area contributed by atoms with E-state index < -0.39 is 6.04 Å². The van der Waals surface area contributed by atoms with Gasteiger partial charge >= 0.3 is 0 Å². The number of nitrogens with two attached hydrogens (primary N) is 1. The van der Waals surface area contributed by atoms with E-state index in [0.29, 0.717) is 19.5 Å². The smallest absolute Gasteiger partial charge is 0.246 e. The number of carbonyl (C=O) groups excluding carboxylic acids is 2. The molecule has 0 radical (unpaired) electrons. The molecular weight excluding hydrogens is 292 g/mol. The van der Waals surface area contributed by atoms with Crippen LogP contribution in [0.4, 0.5) is 5.69 Å². The maximum Gasteiger partial charge on any atom is 0.246 e. The summed E-state index contributed by atoms with van der Waals surface area (Å²) in [7, 11) is 0. The molecule has 0 aromatic heterocycles. The molecule has 3 rings (SSSR count). The Morgan fingerprint density at radius 1 is 1.26 bits per heavy atom. The lowest BCUT2D eigenvalue weighted by atomic mass is 10.0. The van der Waals surface area contributed by atoms with Crippen molar-refractivity contribution in [2.24, 2.45) is 11.7 Å². The molecular formula is C17H20N4O2. The van der Waals surface area contributed by atoms with Crippen LogP contribution in [0.5, 0.6) is 0 Å². The van der Waals surface area contributed by atoms with Gasteiger partial charge in [-0.15, -0.1) is 0 Å². The number of nitriles is 1. The first-order valence-electron chi connectivity index (χ1n) is 7.93. The predicted molar refractivity (Wildman–Crippen MR) is 85.2 cm³/mol. The molecule has 23 heavy (non-hydrogen) atoms. The Bertz CT molecular complexity index is 640. The molecule has 1 aromatic rings. The molecule has 0 bridgehead atoms. The van der Waals surface area contributed by atoms with E-state index in [-0.39, 0.29) is 23.8 Å². The molecule has 2 heterocycles. The van der Waals surface area contributed by atoms with Crippen molar-refractivity contribution in [1.29, 1.82) is 5.26 Å². The van der Waals surface area contributed by atoms with Crippen LogP contribution in [0.25, 0.3) is 0 Å². The van der Waals surface area contributed by atoms with E-state index in [1.165, 1.54) is 0 Å². The van der Waals surface area contributed by atoms with Crippen LogP contribution in [0, 0.1) is 17.2 Å². The Balaban J connectivity index is 1.86. The fourth-order valence-corrected chi connectivity index (χ4v) is 3.54. The predicted octanol–water partition coefficient (Wildman–Crippen LogP) is 0.881. The molecule has 3 atom stereocenters. The third-order valence-corrected chi connectivity index (χ3v) is 4.76. The van der Waals surface area contributed by atoms with E-state index in [1.807, 2.05) is 35.2 Å². The number of carbonyl (C=O) groups is 2. The molecule has 0 spiro atoms. The fraction of sp³-hybridized carbons (Fsp3) is 0.471. The first kappa shape index (κ1) is 15.3. The van der Waals surface area contributed by atoms with Gasteiger partial charge in [-0.1, -0.05) is 18.2 Å². The van der Waals surface area contributed by atoms with E-state index in [4.69, 9.17) is 5.73 Å². The molecule has 2 unspecified atom stereocenters. The number of nitrogens with zero attached hydrogens (tertiary/aromatic N) is 3. The van der Waals surface area contributed by atoms with Gasteiger partial charge in [-0.2, -0.15) is 5.26 Å². The van der Waals surface area contributed by atoms with Crippen molar-refractivity contribution in [3.8, 4) is 6.07 Å². The number of primary amides is 1. The number of rotatable bonds is 3. The topological polar surface area (TPSA) is 90.4 Å². The molecule has 6 heteroatoms. The van der Waals surface area contributed by atoms with Crippen molar-refractivity contribution >= 4 is 17.5 Å². The van der Waals surface area contributed by atoms with Crippen molar-refractivity contribution in [1.82, 2.24) is 4.90 Å². The fourth-order valence-electron chi connectivity index (χ4n) is 3.54. The van der Waals surface area contributed by atoms with Crippen LogP contribution < -0.4 is 10.6 Å². The Morgan fingerprint density at radius 3 is 2.65 bits per heavy atom. The van der Waals surface area contributed by atoms with Crippen molar-refractivity contribution in [2.45, 2.75) is 31.3 Å². The highest BCUT2D eigenvalue weighted by molar-refractivity contribution is 5.89. The van der Waals surface area contributed by atoms with Gasteiger partial charge in [0.25, 0.3) is 0 Å². The zero-order valence-electron chi connectivity index (χ0n) is 12.9. The Kier molecular flexibility index (Phi) is 4.20. The van der Waals surface area contributed by atoms with E-state index in [1.54, 1.807) is 4.90 Å². The highest BCUT2D eigenvalue weighted by atomic mass is 16.2. The molecule has 0 saturated carbocycles. The largest absolute Gasteiger partial charge is 0.369 e. The maximum atomic E-state index is 12.9. The standard InChI is InChI=1S/C17H20N4O2/c18-10-14-7-4-8-20(14)17(23)15-9-12(16(19)22)11-21(15)13-5-2-1-3-6-13/h1-3,5-6,12,14-15H,4,7-9,11H2,(H2,19,22)/t12?,14-,15?/m0/s1. The molecule has 120 valence electrons. The molecule has 2 saturated heterocycles.